The highest BCUT2D eigenvalue weighted by Crippen LogP contribution is 2.22. The van der Waals surface area contributed by atoms with Gasteiger partial charge in [-0.25, -0.2) is 0 Å². The van der Waals surface area contributed by atoms with Gasteiger partial charge in [-0.3, -0.25) is 19.3 Å². The van der Waals surface area contributed by atoms with E-state index in [1.54, 1.807) is 31.2 Å². The molecule has 0 aliphatic carbocycles. The van der Waals surface area contributed by atoms with Crippen LogP contribution in [0.1, 0.15) is 27.6 Å². The van der Waals surface area contributed by atoms with E-state index in [0.717, 1.165) is 4.90 Å². The Morgan fingerprint density at radius 2 is 1.79 bits per heavy atom. The molecule has 1 atom stereocenters. The molecule has 0 N–H and O–H groups in total. The zero-order valence-electron chi connectivity index (χ0n) is 10.3. The lowest BCUT2D eigenvalue weighted by atomic mass is 10.1. The van der Waals surface area contributed by atoms with E-state index >= 15 is 0 Å². The van der Waals surface area contributed by atoms with Crippen LogP contribution >= 0.6 is 15.9 Å². The first-order chi connectivity index (χ1) is 9.04. The van der Waals surface area contributed by atoms with Crippen LogP contribution in [0.4, 0.5) is 0 Å². The molecule has 0 bridgehead atoms. The molecule has 1 unspecified atom stereocenters. The average Bonchev–Trinajstić information content (AvgIpc) is 2.64. The minimum Gasteiger partial charge on any atom is -0.460 e. The summed E-state index contributed by atoms with van der Waals surface area (Å²) < 4.78 is 5.03. The van der Waals surface area contributed by atoms with Crippen molar-refractivity contribution in [2.75, 3.05) is 11.9 Å². The summed E-state index contributed by atoms with van der Waals surface area (Å²) in [5.74, 6) is -1.12. The molecule has 19 heavy (non-hydrogen) atoms. The molecule has 6 heteroatoms. The Hall–Kier alpha value is -1.69. The van der Waals surface area contributed by atoms with Gasteiger partial charge in [0.25, 0.3) is 11.8 Å². The topological polar surface area (TPSA) is 63.7 Å². The lowest BCUT2D eigenvalue weighted by Crippen LogP contribution is -2.37. The van der Waals surface area contributed by atoms with Gasteiger partial charge in [-0.2, -0.15) is 0 Å². The number of benzene rings is 1. The molecular formula is C13H12BrNO4. The van der Waals surface area contributed by atoms with Crippen molar-refractivity contribution in [3.05, 3.63) is 35.4 Å². The third-order valence-electron chi connectivity index (χ3n) is 2.76. The van der Waals surface area contributed by atoms with Crippen molar-refractivity contribution in [3.8, 4) is 0 Å². The number of carbonyl (C=O) groups excluding carboxylic acids is 3. The van der Waals surface area contributed by atoms with E-state index in [4.69, 9.17) is 4.74 Å². The third-order valence-corrected chi connectivity index (χ3v) is 3.22. The Balaban J connectivity index is 2.10. The molecule has 1 aliphatic rings. The molecular weight excluding hydrogens is 314 g/mol. The Bertz CT molecular complexity index is 508. The number of nitrogens with zero attached hydrogens (tertiary/aromatic N) is 1. The molecule has 1 aromatic carbocycles. The maximum Gasteiger partial charge on any atom is 0.316 e. The summed E-state index contributed by atoms with van der Waals surface area (Å²) in [7, 11) is 0. The molecule has 1 aliphatic heterocycles. The fourth-order valence-electron chi connectivity index (χ4n) is 1.96. The van der Waals surface area contributed by atoms with Gasteiger partial charge in [0.2, 0.25) is 0 Å². The van der Waals surface area contributed by atoms with Crippen LogP contribution in [-0.4, -0.2) is 40.7 Å². The Kier molecular flexibility index (Phi) is 3.99. The zero-order chi connectivity index (χ0) is 14.0. The number of alkyl halides is 1. The van der Waals surface area contributed by atoms with Crippen molar-refractivity contribution in [1.82, 2.24) is 4.90 Å². The summed E-state index contributed by atoms with van der Waals surface area (Å²) in [5.41, 5.74) is 0.790. The molecule has 0 saturated carbocycles. The first-order valence-corrected chi connectivity index (χ1v) is 6.87. The van der Waals surface area contributed by atoms with Crippen LogP contribution in [-0.2, 0) is 9.53 Å². The average molecular weight is 326 g/mol. The second-order valence-electron chi connectivity index (χ2n) is 4.20. The zero-order valence-corrected chi connectivity index (χ0v) is 11.8. The highest BCUT2D eigenvalue weighted by atomic mass is 79.9. The number of halogens is 1. The van der Waals surface area contributed by atoms with E-state index in [2.05, 4.69) is 15.9 Å². The van der Waals surface area contributed by atoms with Gasteiger partial charge in [0.1, 0.15) is 11.4 Å². The molecule has 1 heterocycles. The van der Waals surface area contributed by atoms with E-state index in [1.165, 1.54) is 0 Å². The molecule has 1 aromatic rings. The highest BCUT2D eigenvalue weighted by Gasteiger charge is 2.36. The van der Waals surface area contributed by atoms with Crippen molar-refractivity contribution >= 4 is 33.7 Å². The van der Waals surface area contributed by atoms with Crippen molar-refractivity contribution in [1.29, 1.82) is 0 Å². The molecule has 0 saturated heterocycles. The summed E-state index contributed by atoms with van der Waals surface area (Å²) in [6.45, 7) is 1.70. The minimum atomic E-state index is -0.535. The lowest BCUT2D eigenvalue weighted by molar-refractivity contribution is -0.145. The smallest absolute Gasteiger partial charge is 0.316 e. The predicted molar refractivity (Wildman–Crippen MR) is 71.2 cm³/mol. The van der Waals surface area contributed by atoms with Crippen LogP contribution in [0.2, 0.25) is 0 Å². The second-order valence-corrected chi connectivity index (χ2v) is 4.76. The molecule has 2 amide bonds. The van der Waals surface area contributed by atoms with Crippen LogP contribution in [0.25, 0.3) is 0 Å². The van der Waals surface area contributed by atoms with Crippen molar-refractivity contribution in [2.24, 2.45) is 0 Å². The van der Waals surface area contributed by atoms with E-state index in [9.17, 15) is 14.4 Å². The summed E-state index contributed by atoms with van der Waals surface area (Å²) in [6, 6.07) is 6.65. The minimum absolute atomic E-state index is 0.0606. The normalized spacial score (nSPS) is 15.4. The fourth-order valence-corrected chi connectivity index (χ4v) is 2.09. The van der Waals surface area contributed by atoms with Gasteiger partial charge in [0, 0.05) is 0 Å². The summed E-state index contributed by atoms with van der Waals surface area (Å²) >= 11 is 2.98. The molecule has 0 aromatic heterocycles. The van der Waals surface area contributed by atoms with E-state index in [1.807, 2.05) is 0 Å². The number of hydrogen-bond acceptors (Lipinski definition) is 4. The van der Waals surface area contributed by atoms with Crippen molar-refractivity contribution in [2.45, 2.75) is 13.0 Å². The maximum absolute atomic E-state index is 12.1. The highest BCUT2D eigenvalue weighted by molar-refractivity contribution is 9.09. The number of ether oxygens (including phenoxy) is 1. The number of fused-ring (bicyclic) bond motifs is 1. The first kappa shape index (κ1) is 13.7. The first-order valence-electron chi connectivity index (χ1n) is 5.75. The number of rotatable bonds is 4. The van der Waals surface area contributed by atoms with E-state index in [-0.39, 0.29) is 23.7 Å². The fraction of sp³-hybridized carbons (Fsp3) is 0.308. The van der Waals surface area contributed by atoms with Gasteiger partial charge in [-0.15, -0.1) is 0 Å². The SMILES string of the molecule is CC(CN1C(=O)c2ccccc2C1=O)OC(=O)CBr. The van der Waals surface area contributed by atoms with Gasteiger partial charge in [-0.05, 0) is 19.1 Å². The summed E-state index contributed by atoms with van der Waals surface area (Å²) in [5, 5.41) is 0.0828. The van der Waals surface area contributed by atoms with Crippen molar-refractivity contribution < 1.29 is 19.1 Å². The van der Waals surface area contributed by atoms with Gasteiger partial charge in [-0.1, -0.05) is 28.1 Å². The van der Waals surface area contributed by atoms with Crippen LogP contribution in [0.3, 0.4) is 0 Å². The molecule has 0 spiro atoms. The van der Waals surface area contributed by atoms with Crippen LogP contribution < -0.4 is 0 Å². The Morgan fingerprint density at radius 3 is 2.26 bits per heavy atom. The predicted octanol–water partition coefficient (Wildman–Crippen LogP) is 1.61. The van der Waals surface area contributed by atoms with Gasteiger partial charge < -0.3 is 4.74 Å². The number of esters is 1. The van der Waals surface area contributed by atoms with Gasteiger partial charge in [0.15, 0.2) is 0 Å². The monoisotopic (exact) mass is 325 g/mol. The molecule has 2 rings (SSSR count). The molecule has 0 fully saturated rings. The number of imide groups is 1. The maximum atomic E-state index is 12.1. The van der Waals surface area contributed by atoms with Crippen LogP contribution in [0.15, 0.2) is 24.3 Å². The number of carbonyl (C=O) groups is 3. The summed E-state index contributed by atoms with van der Waals surface area (Å²) in [4.78, 5) is 36.3. The number of hydrogen-bond donors (Lipinski definition) is 0. The molecule has 100 valence electrons. The quantitative estimate of drug-likeness (QED) is 0.479. The standard InChI is InChI=1S/C13H12BrNO4/c1-8(19-11(16)6-14)7-15-12(17)9-4-2-3-5-10(9)13(15)18/h2-5,8H,6-7H2,1H3. The largest absolute Gasteiger partial charge is 0.460 e. The van der Waals surface area contributed by atoms with Gasteiger partial charge in [0.05, 0.1) is 17.7 Å². The van der Waals surface area contributed by atoms with Crippen LogP contribution in [0.5, 0.6) is 0 Å². The summed E-state index contributed by atoms with van der Waals surface area (Å²) in [6.07, 6.45) is -0.535. The Morgan fingerprint density at radius 1 is 1.26 bits per heavy atom. The van der Waals surface area contributed by atoms with Crippen molar-refractivity contribution in [3.63, 3.8) is 0 Å². The van der Waals surface area contributed by atoms with E-state index < -0.39 is 12.1 Å². The van der Waals surface area contributed by atoms with E-state index in [0.29, 0.717) is 11.1 Å². The molecule has 5 nitrogen and oxygen atoms in total. The second kappa shape index (κ2) is 5.52. The number of amides is 2. The molecule has 0 radical (unpaired) electrons. The van der Waals surface area contributed by atoms with Gasteiger partial charge >= 0.3 is 5.97 Å². The Labute approximate surface area is 118 Å². The lowest BCUT2D eigenvalue weighted by Gasteiger charge is -2.19. The third kappa shape index (κ3) is 2.68. The van der Waals surface area contributed by atoms with Crippen LogP contribution in [0, 0.1) is 0 Å².